The summed E-state index contributed by atoms with van der Waals surface area (Å²) in [6.07, 6.45) is 2.32. The van der Waals surface area contributed by atoms with Crippen LogP contribution in [-0.4, -0.2) is 44.7 Å². The Balaban J connectivity index is 0.00000320. The lowest BCUT2D eigenvalue weighted by atomic mass is 9.96. The smallest absolute Gasteiger partial charge is 0.191 e. The number of halogens is 2. The SMILES string of the molecule is CN=C(NCc1ccccc1F)NCC1CCN(Cc2ccc(OC)cc2)CC1.I. The average molecular weight is 526 g/mol. The molecule has 2 aromatic carbocycles. The molecule has 0 radical (unpaired) electrons. The van der Waals surface area contributed by atoms with Crippen LogP contribution in [0.25, 0.3) is 0 Å². The van der Waals surface area contributed by atoms with Crippen molar-refractivity contribution in [2.24, 2.45) is 10.9 Å². The maximum atomic E-state index is 13.7. The highest BCUT2D eigenvalue weighted by Crippen LogP contribution is 2.19. The quantitative estimate of drug-likeness (QED) is 0.325. The first-order valence-electron chi connectivity index (χ1n) is 10.2. The molecule has 1 heterocycles. The number of guanidine groups is 1. The van der Waals surface area contributed by atoms with E-state index < -0.39 is 0 Å². The maximum Gasteiger partial charge on any atom is 0.191 e. The van der Waals surface area contributed by atoms with Gasteiger partial charge in [-0.15, -0.1) is 24.0 Å². The molecule has 3 rings (SSSR count). The molecule has 0 spiro atoms. The summed E-state index contributed by atoms with van der Waals surface area (Å²) < 4.78 is 19.0. The zero-order valence-electron chi connectivity index (χ0n) is 17.7. The van der Waals surface area contributed by atoms with Crippen molar-refractivity contribution in [1.82, 2.24) is 15.5 Å². The summed E-state index contributed by atoms with van der Waals surface area (Å²) in [6.45, 7) is 4.48. The van der Waals surface area contributed by atoms with E-state index in [-0.39, 0.29) is 29.8 Å². The number of nitrogens with one attached hydrogen (secondary N) is 2. The van der Waals surface area contributed by atoms with Crippen LogP contribution in [0.4, 0.5) is 4.39 Å². The second-order valence-corrected chi connectivity index (χ2v) is 7.47. The van der Waals surface area contributed by atoms with E-state index in [4.69, 9.17) is 4.74 Å². The Kier molecular flexibility index (Phi) is 10.4. The topological polar surface area (TPSA) is 48.9 Å². The van der Waals surface area contributed by atoms with Gasteiger partial charge in [0, 0.05) is 32.2 Å². The first-order chi connectivity index (χ1) is 14.2. The Hall–Kier alpha value is -1.87. The Morgan fingerprint density at radius 2 is 1.80 bits per heavy atom. The van der Waals surface area contributed by atoms with Gasteiger partial charge >= 0.3 is 0 Å². The van der Waals surface area contributed by atoms with Crippen molar-refractivity contribution in [3.8, 4) is 5.75 Å². The molecule has 1 saturated heterocycles. The Bertz CT molecular complexity index is 792. The molecule has 0 aliphatic carbocycles. The van der Waals surface area contributed by atoms with E-state index >= 15 is 0 Å². The second kappa shape index (κ2) is 12.7. The van der Waals surface area contributed by atoms with Crippen LogP contribution in [0.2, 0.25) is 0 Å². The van der Waals surface area contributed by atoms with Crippen molar-refractivity contribution < 1.29 is 9.13 Å². The molecule has 0 atom stereocenters. The predicted octanol–water partition coefficient (Wildman–Crippen LogP) is 4.03. The highest BCUT2D eigenvalue weighted by Gasteiger charge is 2.19. The van der Waals surface area contributed by atoms with Gasteiger partial charge in [0.05, 0.1) is 7.11 Å². The van der Waals surface area contributed by atoms with Crippen molar-refractivity contribution in [3.05, 3.63) is 65.5 Å². The average Bonchev–Trinajstić information content (AvgIpc) is 2.76. The number of aliphatic imine (C=N–C) groups is 1. The number of methoxy groups -OCH3 is 1. The van der Waals surface area contributed by atoms with Gasteiger partial charge in [0.2, 0.25) is 0 Å². The number of ether oxygens (including phenoxy) is 1. The van der Waals surface area contributed by atoms with E-state index in [2.05, 4.69) is 32.7 Å². The van der Waals surface area contributed by atoms with Crippen molar-refractivity contribution >= 4 is 29.9 Å². The van der Waals surface area contributed by atoms with Crippen LogP contribution >= 0.6 is 24.0 Å². The van der Waals surface area contributed by atoms with E-state index in [1.54, 1.807) is 26.3 Å². The van der Waals surface area contributed by atoms with E-state index in [1.165, 1.54) is 11.6 Å². The van der Waals surface area contributed by atoms with Crippen molar-refractivity contribution in [3.63, 3.8) is 0 Å². The van der Waals surface area contributed by atoms with Crippen LogP contribution in [0.3, 0.4) is 0 Å². The molecule has 1 aliphatic heterocycles. The lowest BCUT2D eigenvalue weighted by molar-refractivity contribution is 0.178. The van der Waals surface area contributed by atoms with Crippen molar-refractivity contribution in [2.75, 3.05) is 33.8 Å². The molecule has 0 amide bonds. The molecule has 0 bridgehead atoms. The van der Waals surface area contributed by atoms with E-state index in [0.29, 0.717) is 24.0 Å². The molecule has 0 saturated carbocycles. The predicted molar refractivity (Wildman–Crippen MR) is 131 cm³/mol. The largest absolute Gasteiger partial charge is 0.497 e. The summed E-state index contributed by atoms with van der Waals surface area (Å²) in [4.78, 5) is 6.76. The molecule has 1 aliphatic rings. The molecule has 0 unspecified atom stereocenters. The van der Waals surface area contributed by atoms with E-state index in [0.717, 1.165) is 44.8 Å². The third-order valence-corrected chi connectivity index (χ3v) is 5.46. The fourth-order valence-electron chi connectivity index (χ4n) is 3.62. The third kappa shape index (κ3) is 7.43. The summed E-state index contributed by atoms with van der Waals surface area (Å²) >= 11 is 0. The van der Waals surface area contributed by atoms with Crippen molar-refractivity contribution in [2.45, 2.75) is 25.9 Å². The highest BCUT2D eigenvalue weighted by molar-refractivity contribution is 14.0. The van der Waals surface area contributed by atoms with Gasteiger partial charge in [0.25, 0.3) is 0 Å². The Morgan fingerprint density at radius 1 is 1.10 bits per heavy atom. The molecule has 2 N–H and O–H groups in total. The van der Waals surface area contributed by atoms with E-state index in [9.17, 15) is 4.39 Å². The summed E-state index contributed by atoms with van der Waals surface area (Å²) in [7, 11) is 3.44. The van der Waals surface area contributed by atoms with Crippen LogP contribution in [0.5, 0.6) is 5.75 Å². The van der Waals surface area contributed by atoms with Gasteiger partial charge in [0.1, 0.15) is 11.6 Å². The first-order valence-corrected chi connectivity index (χ1v) is 10.2. The van der Waals surface area contributed by atoms with Gasteiger partial charge in [-0.3, -0.25) is 9.89 Å². The molecule has 0 aromatic heterocycles. The van der Waals surface area contributed by atoms with Crippen LogP contribution in [0.15, 0.2) is 53.5 Å². The molecule has 30 heavy (non-hydrogen) atoms. The minimum absolute atomic E-state index is 0. The van der Waals surface area contributed by atoms with Crippen LogP contribution in [0, 0.1) is 11.7 Å². The highest BCUT2D eigenvalue weighted by atomic mass is 127. The molecule has 1 fully saturated rings. The van der Waals surface area contributed by atoms with Crippen molar-refractivity contribution in [1.29, 1.82) is 0 Å². The van der Waals surface area contributed by atoms with Gasteiger partial charge in [-0.05, 0) is 55.6 Å². The molecular weight excluding hydrogens is 494 g/mol. The number of piperidine rings is 1. The number of hydrogen-bond donors (Lipinski definition) is 2. The van der Waals surface area contributed by atoms with Gasteiger partial charge in [-0.2, -0.15) is 0 Å². The van der Waals surface area contributed by atoms with E-state index in [1.807, 2.05) is 18.2 Å². The minimum Gasteiger partial charge on any atom is -0.497 e. The van der Waals surface area contributed by atoms with Gasteiger partial charge in [-0.1, -0.05) is 30.3 Å². The lowest BCUT2D eigenvalue weighted by Gasteiger charge is -2.32. The zero-order valence-corrected chi connectivity index (χ0v) is 20.1. The fraction of sp³-hybridized carbons (Fsp3) is 0.435. The number of likely N-dealkylation sites (tertiary alicyclic amines) is 1. The molecule has 2 aromatic rings. The number of rotatable bonds is 7. The summed E-state index contributed by atoms with van der Waals surface area (Å²) in [6, 6.07) is 15.1. The molecular formula is C23H32FIN4O. The van der Waals surface area contributed by atoms with Crippen LogP contribution < -0.4 is 15.4 Å². The number of benzene rings is 2. The minimum atomic E-state index is -0.195. The third-order valence-electron chi connectivity index (χ3n) is 5.46. The standard InChI is InChI=1S/C23H31FN4O.HI/c1-25-23(27-16-20-5-3-4-6-22(20)24)26-15-18-11-13-28(14-12-18)17-19-7-9-21(29-2)10-8-19;/h3-10,18H,11-17H2,1-2H3,(H2,25,26,27);1H. The molecule has 164 valence electrons. The van der Waals surface area contributed by atoms with Gasteiger partial charge in [0.15, 0.2) is 5.96 Å². The second-order valence-electron chi connectivity index (χ2n) is 7.47. The monoisotopic (exact) mass is 526 g/mol. The molecule has 5 nitrogen and oxygen atoms in total. The van der Waals surface area contributed by atoms with Gasteiger partial charge < -0.3 is 15.4 Å². The fourth-order valence-corrected chi connectivity index (χ4v) is 3.62. The summed E-state index contributed by atoms with van der Waals surface area (Å²) in [5, 5.41) is 6.59. The molecule has 7 heteroatoms. The number of hydrogen-bond acceptors (Lipinski definition) is 3. The van der Waals surface area contributed by atoms with Crippen LogP contribution in [0.1, 0.15) is 24.0 Å². The lowest BCUT2D eigenvalue weighted by Crippen LogP contribution is -2.42. The zero-order chi connectivity index (χ0) is 20.5. The van der Waals surface area contributed by atoms with Crippen LogP contribution in [-0.2, 0) is 13.1 Å². The normalized spacial score (nSPS) is 15.4. The Labute approximate surface area is 196 Å². The summed E-state index contributed by atoms with van der Waals surface area (Å²) in [5.74, 6) is 2.04. The maximum absolute atomic E-state index is 13.7. The first kappa shape index (κ1) is 24.4. The Morgan fingerprint density at radius 3 is 2.43 bits per heavy atom. The summed E-state index contributed by atoms with van der Waals surface area (Å²) in [5.41, 5.74) is 1.96. The number of nitrogens with zero attached hydrogens (tertiary/aromatic N) is 2. The van der Waals surface area contributed by atoms with Gasteiger partial charge in [-0.25, -0.2) is 4.39 Å².